The van der Waals surface area contributed by atoms with Crippen LogP contribution in [-0.4, -0.2) is 11.1 Å². The van der Waals surface area contributed by atoms with Gasteiger partial charge in [-0.3, -0.25) is 4.79 Å². The molecule has 0 bridgehead atoms. The van der Waals surface area contributed by atoms with Gasteiger partial charge in [0.05, 0.1) is 6.42 Å². The van der Waals surface area contributed by atoms with Gasteiger partial charge in [-0.05, 0) is 44.4 Å². The van der Waals surface area contributed by atoms with E-state index in [9.17, 15) is 4.79 Å². The van der Waals surface area contributed by atoms with E-state index in [1.54, 1.807) is 6.92 Å². The Labute approximate surface area is 96.3 Å². The summed E-state index contributed by atoms with van der Waals surface area (Å²) in [6.45, 7) is 7.74. The Morgan fingerprint density at radius 1 is 1.31 bits per heavy atom. The van der Waals surface area contributed by atoms with Crippen LogP contribution in [0.3, 0.4) is 0 Å². The van der Waals surface area contributed by atoms with Gasteiger partial charge < -0.3 is 10.8 Å². The normalized spacial score (nSPS) is 14.6. The number of nitrogens with two attached hydrogens (primary N) is 1. The molecule has 0 fully saturated rings. The molecule has 0 aliphatic heterocycles. The second-order valence-electron chi connectivity index (χ2n) is 4.76. The van der Waals surface area contributed by atoms with Gasteiger partial charge in [-0.1, -0.05) is 17.7 Å². The first kappa shape index (κ1) is 12.7. The molecular weight excluding hydrogens is 202 g/mol. The van der Waals surface area contributed by atoms with E-state index < -0.39 is 11.5 Å². The van der Waals surface area contributed by atoms with Gasteiger partial charge in [0, 0.05) is 5.54 Å². The summed E-state index contributed by atoms with van der Waals surface area (Å²) in [6.07, 6.45) is -0.0578. The Kier molecular flexibility index (Phi) is 3.38. The Morgan fingerprint density at radius 2 is 1.75 bits per heavy atom. The molecule has 0 heterocycles. The van der Waals surface area contributed by atoms with Gasteiger partial charge in [-0.2, -0.15) is 0 Å². The molecule has 3 heteroatoms. The van der Waals surface area contributed by atoms with Crippen molar-refractivity contribution < 1.29 is 9.90 Å². The molecule has 0 spiro atoms. The highest BCUT2D eigenvalue weighted by Gasteiger charge is 2.27. The van der Waals surface area contributed by atoms with E-state index >= 15 is 0 Å². The Hall–Kier alpha value is -1.35. The SMILES string of the molecule is Cc1cc(C)c(C(C)(N)CC(=O)O)c(C)c1. The molecule has 0 aromatic heterocycles. The van der Waals surface area contributed by atoms with Gasteiger partial charge in [0.25, 0.3) is 0 Å². The number of aliphatic carboxylic acids is 1. The molecule has 16 heavy (non-hydrogen) atoms. The minimum absolute atomic E-state index is 0.0578. The van der Waals surface area contributed by atoms with Crippen LogP contribution in [0.5, 0.6) is 0 Å². The predicted molar refractivity (Wildman–Crippen MR) is 64.4 cm³/mol. The summed E-state index contributed by atoms with van der Waals surface area (Å²) in [4.78, 5) is 10.8. The van der Waals surface area contributed by atoms with Crippen molar-refractivity contribution >= 4 is 5.97 Å². The minimum atomic E-state index is -0.871. The van der Waals surface area contributed by atoms with E-state index in [0.717, 1.165) is 16.7 Å². The van der Waals surface area contributed by atoms with E-state index in [1.807, 2.05) is 32.9 Å². The van der Waals surface area contributed by atoms with E-state index in [1.165, 1.54) is 5.56 Å². The highest BCUT2D eigenvalue weighted by molar-refractivity contribution is 5.69. The Balaban J connectivity index is 3.27. The maximum atomic E-state index is 10.8. The van der Waals surface area contributed by atoms with Crippen LogP contribution in [0.4, 0.5) is 0 Å². The first-order chi connectivity index (χ1) is 7.24. The number of carboxylic acid groups (broad SMARTS) is 1. The van der Waals surface area contributed by atoms with E-state index in [-0.39, 0.29) is 6.42 Å². The smallest absolute Gasteiger partial charge is 0.305 e. The standard InChI is InChI=1S/C13H19NO2/c1-8-5-9(2)12(10(3)6-8)13(4,14)7-11(15)16/h5-6H,7,14H2,1-4H3,(H,15,16). The Bertz CT molecular complexity index is 399. The third kappa shape index (κ3) is 2.61. The molecule has 1 rings (SSSR count). The number of rotatable bonds is 3. The number of carboxylic acids is 1. The molecule has 88 valence electrons. The van der Waals surface area contributed by atoms with Crippen molar-refractivity contribution in [3.63, 3.8) is 0 Å². The summed E-state index contributed by atoms with van der Waals surface area (Å²) >= 11 is 0. The summed E-state index contributed by atoms with van der Waals surface area (Å²) in [7, 11) is 0. The van der Waals surface area contributed by atoms with Crippen LogP contribution in [-0.2, 0) is 10.3 Å². The largest absolute Gasteiger partial charge is 0.481 e. The highest BCUT2D eigenvalue weighted by Crippen LogP contribution is 2.29. The monoisotopic (exact) mass is 221 g/mol. The number of benzene rings is 1. The number of hydrogen-bond acceptors (Lipinski definition) is 2. The molecule has 1 aromatic carbocycles. The molecule has 0 radical (unpaired) electrons. The van der Waals surface area contributed by atoms with E-state index in [4.69, 9.17) is 10.8 Å². The average molecular weight is 221 g/mol. The van der Waals surface area contributed by atoms with Crippen molar-refractivity contribution in [2.24, 2.45) is 5.73 Å². The van der Waals surface area contributed by atoms with Crippen molar-refractivity contribution in [2.45, 2.75) is 39.7 Å². The van der Waals surface area contributed by atoms with E-state index in [0.29, 0.717) is 0 Å². The maximum Gasteiger partial charge on any atom is 0.305 e. The fraction of sp³-hybridized carbons (Fsp3) is 0.462. The van der Waals surface area contributed by atoms with Crippen LogP contribution >= 0.6 is 0 Å². The summed E-state index contributed by atoms with van der Waals surface area (Å²) in [6, 6.07) is 4.07. The minimum Gasteiger partial charge on any atom is -0.481 e. The van der Waals surface area contributed by atoms with Crippen molar-refractivity contribution in [1.82, 2.24) is 0 Å². The fourth-order valence-corrected chi connectivity index (χ4v) is 2.48. The van der Waals surface area contributed by atoms with Gasteiger partial charge in [0.2, 0.25) is 0 Å². The molecule has 3 nitrogen and oxygen atoms in total. The molecule has 1 aromatic rings. The van der Waals surface area contributed by atoms with Crippen LogP contribution in [0.2, 0.25) is 0 Å². The molecule has 0 aliphatic rings. The molecule has 0 aliphatic carbocycles. The predicted octanol–water partition coefficient (Wildman–Crippen LogP) is 2.26. The summed E-state index contributed by atoms with van der Waals surface area (Å²) < 4.78 is 0. The highest BCUT2D eigenvalue weighted by atomic mass is 16.4. The second kappa shape index (κ2) is 4.26. The molecule has 0 saturated carbocycles. The number of hydrogen-bond donors (Lipinski definition) is 2. The lowest BCUT2D eigenvalue weighted by Gasteiger charge is -2.27. The summed E-state index contributed by atoms with van der Waals surface area (Å²) in [5.74, 6) is -0.871. The van der Waals surface area contributed by atoms with Gasteiger partial charge in [-0.25, -0.2) is 0 Å². The molecule has 0 saturated heterocycles. The molecule has 1 unspecified atom stereocenters. The fourth-order valence-electron chi connectivity index (χ4n) is 2.48. The first-order valence-corrected chi connectivity index (χ1v) is 5.33. The zero-order valence-corrected chi connectivity index (χ0v) is 10.3. The van der Waals surface area contributed by atoms with Crippen molar-refractivity contribution in [2.75, 3.05) is 0 Å². The van der Waals surface area contributed by atoms with Crippen LogP contribution in [0.25, 0.3) is 0 Å². The molecule has 0 amide bonds. The average Bonchev–Trinajstić information content (AvgIpc) is 1.96. The quantitative estimate of drug-likeness (QED) is 0.823. The van der Waals surface area contributed by atoms with Crippen LogP contribution in [0.1, 0.15) is 35.6 Å². The summed E-state index contributed by atoms with van der Waals surface area (Å²) in [5, 5.41) is 8.87. The Morgan fingerprint density at radius 3 is 2.12 bits per heavy atom. The third-order valence-electron chi connectivity index (χ3n) is 2.77. The maximum absolute atomic E-state index is 10.8. The molecule has 1 atom stereocenters. The van der Waals surface area contributed by atoms with Crippen molar-refractivity contribution in [1.29, 1.82) is 0 Å². The zero-order valence-electron chi connectivity index (χ0n) is 10.3. The molecule has 3 N–H and O–H groups in total. The van der Waals surface area contributed by atoms with Crippen LogP contribution in [0.15, 0.2) is 12.1 Å². The van der Waals surface area contributed by atoms with Crippen LogP contribution < -0.4 is 5.73 Å². The summed E-state index contributed by atoms with van der Waals surface area (Å²) in [5.41, 5.74) is 9.53. The second-order valence-corrected chi connectivity index (χ2v) is 4.76. The molecular formula is C13H19NO2. The lowest BCUT2D eigenvalue weighted by Crippen LogP contribution is -2.37. The van der Waals surface area contributed by atoms with Gasteiger partial charge >= 0.3 is 5.97 Å². The van der Waals surface area contributed by atoms with Crippen molar-refractivity contribution in [3.05, 3.63) is 34.4 Å². The van der Waals surface area contributed by atoms with Gasteiger partial charge in [0.1, 0.15) is 0 Å². The van der Waals surface area contributed by atoms with E-state index in [2.05, 4.69) is 0 Å². The number of aryl methyl sites for hydroxylation is 3. The van der Waals surface area contributed by atoms with Crippen molar-refractivity contribution in [3.8, 4) is 0 Å². The van der Waals surface area contributed by atoms with Gasteiger partial charge in [-0.15, -0.1) is 0 Å². The third-order valence-corrected chi connectivity index (χ3v) is 2.77. The lowest BCUT2D eigenvalue weighted by molar-refractivity contribution is -0.138. The van der Waals surface area contributed by atoms with Gasteiger partial charge in [0.15, 0.2) is 0 Å². The lowest BCUT2D eigenvalue weighted by atomic mass is 9.83. The first-order valence-electron chi connectivity index (χ1n) is 5.33. The van der Waals surface area contributed by atoms with Crippen LogP contribution in [0, 0.1) is 20.8 Å². The number of carbonyl (C=O) groups is 1. The topological polar surface area (TPSA) is 63.3 Å². The zero-order chi connectivity index (χ0) is 12.5.